The molecular weight excluding hydrogens is 346 g/mol. The number of ketones is 1. The third-order valence-electron chi connectivity index (χ3n) is 4.27. The number of nitriles is 1. The van der Waals surface area contributed by atoms with Gasteiger partial charge in [-0.25, -0.2) is 0 Å². The van der Waals surface area contributed by atoms with Gasteiger partial charge in [-0.05, 0) is 12.1 Å². The van der Waals surface area contributed by atoms with E-state index in [0.717, 1.165) is 5.69 Å². The topological polar surface area (TPSA) is 96.5 Å². The first kappa shape index (κ1) is 18.3. The van der Waals surface area contributed by atoms with Crippen LogP contribution in [0.15, 0.2) is 54.1 Å². The van der Waals surface area contributed by atoms with Crippen LogP contribution >= 0.6 is 0 Å². The maximum Gasteiger partial charge on any atom is 0.270 e. The number of morpholine rings is 1. The van der Waals surface area contributed by atoms with Crippen molar-refractivity contribution in [3.8, 4) is 6.07 Å². The number of carbonyl (C=O) groups is 1. The van der Waals surface area contributed by atoms with Gasteiger partial charge >= 0.3 is 0 Å². The molecule has 7 heteroatoms. The van der Waals surface area contributed by atoms with Gasteiger partial charge in [0.05, 0.1) is 18.1 Å². The van der Waals surface area contributed by atoms with Crippen molar-refractivity contribution in [3.05, 3.63) is 75.3 Å². The van der Waals surface area contributed by atoms with Crippen LogP contribution in [-0.2, 0) is 4.74 Å². The first-order valence-corrected chi connectivity index (χ1v) is 8.43. The monoisotopic (exact) mass is 363 g/mol. The fraction of sp³-hybridized carbons (Fsp3) is 0.200. The van der Waals surface area contributed by atoms with E-state index in [2.05, 4.69) is 0 Å². The number of benzene rings is 2. The zero-order chi connectivity index (χ0) is 19.2. The average Bonchev–Trinajstić information content (AvgIpc) is 2.72. The van der Waals surface area contributed by atoms with E-state index in [4.69, 9.17) is 4.74 Å². The van der Waals surface area contributed by atoms with E-state index < -0.39 is 10.7 Å². The molecule has 7 nitrogen and oxygen atoms in total. The fourth-order valence-corrected chi connectivity index (χ4v) is 2.91. The third kappa shape index (κ3) is 4.19. The van der Waals surface area contributed by atoms with E-state index in [1.54, 1.807) is 36.4 Å². The third-order valence-corrected chi connectivity index (χ3v) is 4.27. The minimum atomic E-state index is -0.495. The van der Waals surface area contributed by atoms with E-state index in [9.17, 15) is 20.2 Å². The molecule has 0 aliphatic carbocycles. The summed E-state index contributed by atoms with van der Waals surface area (Å²) >= 11 is 0. The maximum absolute atomic E-state index is 12.6. The first-order chi connectivity index (χ1) is 13.1. The van der Waals surface area contributed by atoms with Gasteiger partial charge in [-0.3, -0.25) is 14.9 Å². The lowest BCUT2D eigenvalue weighted by atomic mass is 10.0. The van der Waals surface area contributed by atoms with Crippen LogP contribution in [0.2, 0.25) is 0 Å². The van der Waals surface area contributed by atoms with Crippen molar-refractivity contribution in [1.29, 1.82) is 5.26 Å². The Hall–Kier alpha value is -3.50. The predicted octanol–water partition coefficient (Wildman–Crippen LogP) is 3.22. The second kappa shape index (κ2) is 8.25. The highest BCUT2D eigenvalue weighted by Gasteiger charge is 2.19. The number of nitro benzene ring substituents is 1. The number of rotatable bonds is 5. The molecule has 0 atom stereocenters. The maximum atomic E-state index is 12.6. The summed E-state index contributed by atoms with van der Waals surface area (Å²) in [5, 5.41) is 20.7. The normalized spacial score (nSPS) is 14.5. The molecule has 0 bridgehead atoms. The number of carbonyl (C=O) groups excluding carboxylic acids is 1. The highest BCUT2D eigenvalue weighted by atomic mass is 16.6. The number of hydrogen-bond donors (Lipinski definition) is 0. The minimum Gasteiger partial charge on any atom is -0.378 e. The number of non-ortho nitro benzene ring substituents is 1. The number of anilines is 1. The summed E-state index contributed by atoms with van der Waals surface area (Å²) in [6.07, 6.45) is 1.42. The van der Waals surface area contributed by atoms with Crippen molar-refractivity contribution in [2.24, 2.45) is 0 Å². The van der Waals surface area contributed by atoms with Gasteiger partial charge < -0.3 is 9.64 Å². The fourth-order valence-electron chi connectivity index (χ4n) is 2.91. The number of Topliss-reactive ketones (excluding diaryl/α,β-unsaturated/α-hetero) is 1. The molecule has 0 saturated carbocycles. The van der Waals surface area contributed by atoms with Crippen molar-refractivity contribution in [2.45, 2.75) is 0 Å². The molecule has 0 unspecified atom stereocenters. The molecule has 1 aliphatic rings. The SMILES string of the molecule is N#C/C(=C\c1cc([N+](=O)[O-])ccc1N1CCOCC1)C(=O)c1ccccc1. The first-order valence-electron chi connectivity index (χ1n) is 8.43. The van der Waals surface area contributed by atoms with Crippen molar-refractivity contribution < 1.29 is 14.5 Å². The molecule has 136 valence electrons. The molecule has 27 heavy (non-hydrogen) atoms. The molecule has 1 aliphatic heterocycles. The number of allylic oxidation sites excluding steroid dienone is 1. The summed E-state index contributed by atoms with van der Waals surface area (Å²) in [6, 6.07) is 14.9. The van der Waals surface area contributed by atoms with Crippen molar-refractivity contribution in [2.75, 3.05) is 31.2 Å². The number of ether oxygens (including phenoxy) is 1. The summed E-state index contributed by atoms with van der Waals surface area (Å²) in [4.78, 5) is 25.3. The van der Waals surface area contributed by atoms with Crippen LogP contribution in [0.5, 0.6) is 0 Å². The Balaban J connectivity index is 2.05. The highest BCUT2D eigenvalue weighted by molar-refractivity contribution is 6.14. The molecule has 2 aromatic carbocycles. The number of nitro groups is 1. The standard InChI is InChI=1S/C20H17N3O4/c21-14-17(20(24)15-4-2-1-3-5-15)12-16-13-18(23(25)26)6-7-19(16)22-8-10-27-11-9-22/h1-7,12-13H,8-11H2/b17-12+. The lowest BCUT2D eigenvalue weighted by Crippen LogP contribution is -2.36. The van der Waals surface area contributed by atoms with E-state index in [-0.39, 0.29) is 11.3 Å². The molecule has 1 fully saturated rings. The molecule has 3 rings (SSSR count). The Kier molecular flexibility index (Phi) is 5.59. The van der Waals surface area contributed by atoms with Gasteiger partial charge in [0, 0.05) is 42.0 Å². The Morgan fingerprint density at radius 2 is 1.89 bits per heavy atom. The largest absolute Gasteiger partial charge is 0.378 e. The van der Waals surface area contributed by atoms with Gasteiger partial charge in [-0.15, -0.1) is 0 Å². The van der Waals surface area contributed by atoms with Crippen molar-refractivity contribution in [3.63, 3.8) is 0 Å². The van der Waals surface area contributed by atoms with E-state index in [1.165, 1.54) is 18.2 Å². The van der Waals surface area contributed by atoms with Crippen LogP contribution in [-0.4, -0.2) is 37.0 Å². The zero-order valence-electron chi connectivity index (χ0n) is 14.5. The van der Waals surface area contributed by atoms with Gasteiger partial charge in [-0.2, -0.15) is 5.26 Å². The molecule has 1 heterocycles. The van der Waals surface area contributed by atoms with Crippen LogP contribution in [0.1, 0.15) is 15.9 Å². The smallest absolute Gasteiger partial charge is 0.270 e. The molecular formula is C20H17N3O4. The summed E-state index contributed by atoms with van der Waals surface area (Å²) in [5.74, 6) is -0.419. The second-order valence-electron chi connectivity index (χ2n) is 5.96. The summed E-state index contributed by atoms with van der Waals surface area (Å²) in [7, 11) is 0. The molecule has 1 saturated heterocycles. The average molecular weight is 363 g/mol. The molecule has 0 spiro atoms. The summed E-state index contributed by atoms with van der Waals surface area (Å²) in [6.45, 7) is 2.36. The van der Waals surface area contributed by atoms with Gasteiger partial charge in [0.1, 0.15) is 11.6 Å². The quantitative estimate of drug-likeness (QED) is 0.266. The Morgan fingerprint density at radius 1 is 1.19 bits per heavy atom. The highest BCUT2D eigenvalue weighted by Crippen LogP contribution is 2.29. The van der Waals surface area contributed by atoms with Crippen LogP contribution in [0.3, 0.4) is 0 Å². The van der Waals surface area contributed by atoms with E-state index in [0.29, 0.717) is 37.4 Å². The Morgan fingerprint density at radius 3 is 2.52 bits per heavy atom. The van der Waals surface area contributed by atoms with E-state index in [1.807, 2.05) is 11.0 Å². The van der Waals surface area contributed by atoms with Crippen molar-refractivity contribution >= 4 is 23.2 Å². The van der Waals surface area contributed by atoms with Gasteiger partial charge in [0.25, 0.3) is 5.69 Å². The van der Waals surface area contributed by atoms with Gasteiger partial charge in [0.2, 0.25) is 5.78 Å². The lowest BCUT2D eigenvalue weighted by Gasteiger charge is -2.30. The zero-order valence-corrected chi connectivity index (χ0v) is 14.5. The number of nitrogens with zero attached hydrogens (tertiary/aromatic N) is 3. The lowest BCUT2D eigenvalue weighted by molar-refractivity contribution is -0.384. The van der Waals surface area contributed by atoms with Crippen LogP contribution in [0, 0.1) is 21.4 Å². The van der Waals surface area contributed by atoms with Crippen molar-refractivity contribution in [1.82, 2.24) is 0 Å². The van der Waals surface area contributed by atoms with Crippen LogP contribution in [0.25, 0.3) is 6.08 Å². The summed E-state index contributed by atoms with van der Waals surface area (Å²) < 4.78 is 5.35. The Labute approximate surface area is 156 Å². The molecule has 2 aromatic rings. The minimum absolute atomic E-state index is 0.0730. The van der Waals surface area contributed by atoms with Gasteiger partial charge in [-0.1, -0.05) is 30.3 Å². The van der Waals surface area contributed by atoms with Gasteiger partial charge in [0.15, 0.2) is 0 Å². The van der Waals surface area contributed by atoms with Crippen LogP contribution in [0.4, 0.5) is 11.4 Å². The molecule has 0 aromatic heterocycles. The van der Waals surface area contributed by atoms with Crippen LogP contribution < -0.4 is 4.90 Å². The molecule has 0 amide bonds. The summed E-state index contributed by atoms with van der Waals surface area (Å²) in [5.41, 5.74) is 1.42. The van der Waals surface area contributed by atoms with E-state index >= 15 is 0 Å². The Bertz CT molecular complexity index is 926. The number of hydrogen-bond acceptors (Lipinski definition) is 6. The molecule has 0 radical (unpaired) electrons. The molecule has 0 N–H and O–H groups in total. The predicted molar refractivity (Wildman–Crippen MR) is 100 cm³/mol. The second-order valence-corrected chi connectivity index (χ2v) is 5.96.